The second-order valence-electron chi connectivity index (χ2n) is 6.14. The lowest BCUT2D eigenvalue weighted by Crippen LogP contribution is -2.42. The van der Waals surface area contributed by atoms with Crippen molar-refractivity contribution < 1.29 is 22.4 Å². The number of hydrogen-bond acceptors (Lipinski definition) is 2. The van der Waals surface area contributed by atoms with E-state index < -0.39 is 23.5 Å². The van der Waals surface area contributed by atoms with E-state index in [4.69, 9.17) is 11.6 Å². The average molecular weight is 423 g/mol. The summed E-state index contributed by atoms with van der Waals surface area (Å²) in [5, 5.41) is 1.49. The monoisotopic (exact) mass is 422 g/mol. The van der Waals surface area contributed by atoms with Gasteiger partial charge in [0.15, 0.2) is 0 Å². The highest BCUT2D eigenvalue weighted by molar-refractivity contribution is 6.31. The van der Waals surface area contributed by atoms with Gasteiger partial charge in [-0.25, -0.2) is 4.39 Å². The Hall–Kier alpha value is -3.06. The minimum Gasteiger partial charge on any atom is -0.281 e. The molecule has 0 bridgehead atoms. The van der Waals surface area contributed by atoms with Gasteiger partial charge in [0.1, 0.15) is 5.82 Å². The number of alkyl halides is 3. The fourth-order valence-electron chi connectivity index (χ4n) is 2.67. The van der Waals surface area contributed by atoms with Gasteiger partial charge in [0.25, 0.3) is 5.91 Å². The van der Waals surface area contributed by atoms with Crippen LogP contribution >= 0.6 is 11.6 Å². The summed E-state index contributed by atoms with van der Waals surface area (Å²) in [5.74, 6) is -1.33. The lowest BCUT2D eigenvalue weighted by molar-refractivity contribution is -0.137. The van der Waals surface area contributed by atoms with Gasteiger partial charge in [-0.3, -0.25) is 15.2 Å². The normalized spacial score (nSPS) is 11.2. The highest BCUT2D eigenvalue weighted by atomic mass is 35.5. The number of halogens is 5. The van der Waals surface area contributed by atoms with Gasteiger partial charge < -0.3 is 0 Å². The molecule has 0 heterocycles. The van der Waals surface area contributed by atoms with E-state index in [1.807, 2.05) is 0 Å². The van der Waals surface area contributed by atoms with Gasteiger partial charge in [-0.05, 0) is 42.5 Å². The number of nitrogens with zero attached hydrogens (tertiary/aromatic N) is 1. The number of benzene rings is 3. The molecule has 0 spiro atoms. The zero-order valence-electron chi connectivity index (χ0n) is 14.9. The maximum Gasteiger partial charge on any atom is 0.416 e. The predicted octanol–water partition coefficient (Wildman–Crippen LogP) is 5.85. The first kappa shape index (κ1) is 20.7. The topological polar surface area (TPSA) is 32.3 Å². The van der Waals surface area contributed by atoms with Crippen LogP contribution in [0.25, 0.3) is 0 Å². The van der Waals surface area contributed by atoms with Crippen LogP contribution < -0.4 is 10.4 Å². The fraction of sp³-hybridized carbons (Fsp3) is 0.0952. The van der Waals surface area contributed by atoms with Gasteiger partial charge in [-0.2, -0.15) is 13.2 Å². The summed E-state index contributed by atoms with van der Waals surface area (Å²) in [6, 6.07) is 16.8. The lowest BCUT2D eigenvalue weighted by Gasteiger charge is -2.26. The number of para-hydroxylation sites is 1. The van der Waals surface area contributed by atoms with E-state index in [-0.39, 0.29) is 22.7 Å². The lowest BCUT2D eigenvalue weighted by atomic mass is 10.1. The van der Waals surface area contributed by atoms with Crippen molar-refractivity contribution in [3.05, 3.63) is 100 Å². The molecule has 3 aromatic rings. The number of carbonyl (C=O) groups excluding carboxylic acids is 1. The molecule has 0 fully saturated rings. The second-order valence-corrected chi connectivity index (χ2v) is 6.55. The molecule has 0 aromatic heterocycles. The minimum atomic E-state index is -4.57. The van der Waals surface area contributed by atoms with Gasteiger partial charge in [-0.1, -0.05) is 41.9 Å². The fourth-order valence-corrected chi connectivity index (χ4v) is 2.89. The molecule has 3 aromatic carbocycles. The van der Waals surface area contributed by atoms with Crippen molar-refractivity contribution in [2.45, 2.75) is 12.7 Å². The molecule has 0 atom stereocenters. The Morgan fingerprint density at radius 3 is 2.31 bits per heavy atom. The Morgan fingerprint density at radius 2 is 1.66 bits per heavy atom. The largest absolute Gasteiger partial charge is 0.416 e. The van der Waals surface area contributed by atoms with Crippen LogP contribution in [0.1, 0.15) is 21.5 Å². The molecule has 0 radical (unpaired) electrons. The van der Waals surface area contributed by atoms with Crippen molar-refractivity contribution in [3.8, 4) is 0 Å². The van der Waals surface area contributed by atoms with Crippen LogP contribution in [0.5, 0.6) is 0 Å². The highest BCUT2D eigenvalue weighted by Crippen LogP contribution is 2.29. The van der Waals surface area contributed by atoms with E-state index in [1.165, 1.54) is 29.3 Å². The van der Waals surface area contributed by atoms with E-state index in [9.17, 15) is 22.4 Å². The van der Waals surface area contributed by atoms with Crippen LogP contribution in [0.3, 0.4) is 0 Å². The number of amides is 1. The second kappa shape index (κ2) is 8.53. The summed E-state index contributed by atoms with van der Waals surface area (Å²) in [6.45, 7) is -0.125. The Kier molecular flexibility index (Phi) is 6.08. The van der Waals surface area contributed by atoms with Gasteiger partial charge >= 0.3 is 6.18 Å². The molecule has 0 aliphatic heterocycles. The molecule has 0 saturated carbocycles. The molecule has 0 unspecified atom stereocenters. The van der Waals surface area contributed by atoms with E-state index in [2.05, 4.69) is 5.43 Å². The number of rotatable bonds is 5. The summed E-state index contributed by atoms with van der Waals surface area (Å²) < 4.78 is 53.0. The maximum atomic E-state index is 14.2. The van der Waals surface area contributed by atoms with E-state index in [0.29, 0.717) is 5.69 Å². The van der Waals surface area contributed by atoms with E-state index >= 15 is 0 Å². The Balaban J connectivity index is 1.91. The highest BCUT2D eigenvalue weighted by Gasteiger charge is 2.31. The first-order valence-electron chi connectivity index (χ1n) is 8.49. The van der Waals surface area contributed by atoms with Gasteiger partial charge in [0, 0.05) is 16.1 Å². The molecular formula is C21H15ClF4N2O. The molecule has 29 heavy (non-hydrogen) atoms. The zero-order chi connectivity index (χ0) is 21.0. The van der Waals surface area contributed by atoms with Gasteiger partial charge in [0.05, 0.1) is 17.8 Å². The van der Waals surface area contributed by atoms with Crippen LogP contribution in [-0.2, 0) is 12.7 Å². The number of carbonyl (C=O) groups is 1. The molecule has 1 amide bonds. The minimum absolute atomic E-state index is 0.125. The molecule has 0 aliphatic carbocycles. The number of hydrogen-bond donors (Lipinski definition) is 1. The third-order valence-corrected chi connectivity index (χ3v) is 4.49. The van der Waals surface area contributed by atoms with Crippen LogP contribution in [0, 0.1) is 5.82 Å². The summed E-state index contributed by atoms with van der Waals surface area (Å²) in [7, 11) is 0. The van der Waals surface area contributed by atoms with Crippen LogP contribution in [0.2, 0.25) is 5.02 Å². The third kappa shape index (κ3) is 5.06. The van der Waals surface area contributed by atoms with Crippen LogP contribution in [0.4, 0.5) is 23.2 Å². The summed E-state index contributed by atoms with van der Waals surface area (Å²) in [5.41, 5.74) is 2.06. The Bertz CT molecular complexity index is 989. The smallest absolute Gasteiger partial charge is 0.281 e. The first-order valence-corrected chi connectivity index (χ1v) is 8.87. The van der Waals surface area contributed by atoms with Crippen molar-refractivity contribution in [1.29, 1.82) is 0 Å². The van der Waals surface area contributed by atoms with Gasteiger partial charge in [0.2, 0.25) is 0 Å². The van der Waals surface area contributed by atoms with Crippen molar-refractivity contribution in [2.24, 2.45) is 0 Å². The molecule has 3 rings (SSSR count). The SMILES string of the molecule is O=C(NN(Cc1c(F)cccc1Cl)c1ccccc1)c1cccc(C(F)(F)F)c1. The van der Waals surface area contributed by atoms with Crippen molar-refractivity contribution >= 4 is 23.2 Å². The molecule has 3 nitrogen and oxygen atoms in total. The number of anilines is 1. The Labute approximate surface area is 169 Å². The quantitative estimate of drug-likeness (QED) is 0.413. The van der Waals surface area contributed by atoms with Gasteiger partial charge in [-0.15, -0.1) is 0 Å². The zero-order valence-corrected chi connectivity index (χ0v) is 15.6. The molecule has 0 aliphatic rings. The molecule has 150 valence electrons. The average Bonchev–Trinajstić information content (AvgIpc) is 2.70. The molecule has 8 heteroatoms. The molecule has 1 N–H and O–H groups in total. The summed E-state index contributed by atoms with van der Waals surface area (Å²) in [6.07, 6.45) is -4.57. The number of nitrogens with one attached hydrogen (secondary N) is 1. The molecular weight excluding hydrogens is 408 g/mol. The predicted molar refractivity (Wildman–Crippen MR) is 103 cm³/mol. The summed E-state index contributed by atoms with van der Waals surface area (Å²) in [4.78, 5) is 12.6. The van der Waals surface area contributed by atoms with Crippen molar-refractivity contribution in [3.63, 3.8) is 0 Å². The standard InChI is InChI=1S/C21H15ClF4N2O/c22-18-10-5-11-19(23)17(18)13-28(16-8-2-1-3-9-16)27-20(29)14-6-4-7-15(12-14)21(24,25)26/h1-12H,13H2,(H,27,29). The Morgan fingerprint density at radius 1 is 0.966 bits per heavy atom. The van der Waals surface area contributed by atoms with Crippen molar-refractivity contribution in [2.75, 3.05) is 5.01 Å². The number of hydrazine groups is 1. The van der Waals surface area contributed by atoms with Crippen LogP contribution in [-0.4, -0.2) is 5.91 Å². The maximum absolute atomic E-state index is 14.2. The van der Waals surface area contributed by atoms with Crippen LogP contribution in [0.15, 0.2) is 72.8 Å². The summed E-state index contributed by atoms with van der Waals surface area (Å²) >= 11 is 6.08. The van der Waals surface area contributed by atoms with E-state index in [1.54, 1.807) is 30.3 Å². The molecule has 0 saturated heterocycles. The van der Waals surface area contributed by atoms with Crippen molar-refractivity contribution in [1.82, 2.24) is 5.43 Å². The third-order valence-electron chi connectivity index (χ3n) is 4.13. The first-order chi connectivity index (χ1) is 13.8. The van der Waals surface area contributed by atoms with E-state index in [0.717, 1.165) is 18.2 Å².